The average molecular weight is 490 g/mol. The van der Waals surface area contributed by atoms with Gasteiger partial charge in [0.1, 0.15) is 12.7 Å². The zero-order valence-corrected chi connectivity index (χ0v) is 20.2. The van der Waals surface area contributed by atoms with Crippen molar-refractivity contribution in [1.82, 2.24) is 20.1 Å². The summed E-state index contributed by atoms with van der Waals surface area (Å²) in [6.45, 7) is 2.78. The van der Waals surface area contributed by atoms with E-state index in [-0.39, 0.29) is 11.7 Å². The number of aromatic nitrogens is 3. The molecule has 0 radical (unpaired) electrons. The van der Waals surface area contributed by atoms with E-state index >= 15 is 0 Å². The average Bonchev–Trinajstić information content (AvgIpc) is 3.36. The molecule has 0 fully saturated rings. The van der Waals surface area contributed by atoms with Crippen molar-refractivity contribution in [2.45, 2.75) is 26.4 Å². The topological polar surface area (TPSA) is 106 Å². The van der Waals surface area contributed by atoms with Crippen LogP contribution in [-0.2, 0) is 23.1 Å². The molecule has 0 aliphatic heterocycles. The van der Waals surface area contributed by atoms with Gasteiger partial charge in [0.05, 0.1) is 12.3 Å². The summed E-state index contributed by atoms with van der Waals surface area (Å²) in [4.78, 5) is 16.8. The molecule has 4 aromatic rings. The number of carbonyl (C=O) groups is 1. The maximum absolute atomic E-state index is 12.8. The Morgan fingerprint density at radius 3 is 2.54 bits per heavy atom. The number of hydrogen-bond donors (Lipinski definition) is 2. The number of rotatable bonds is 10. The lowest BCUT2D eigenvalue weighted by molar-refractivity contribution is 0.0951. The van der Waals surface area contributed by atoms with E-state index in [9.17, 15) is 13.2 Å². The first-order valence-electron chi connectivity index (χ1n) is 11.3. The molecular weight excluding hydrogens is 462 g/mol. The van der Waals surface area contributed by atoms with Crippen molar-refractivity contribution in [2.24, 2.45) is 0 Å². The molecule has 0 atom stereocenters. The van der Waals surface area contributed by atoms with Gasteiger partial charge < -0.3 is 5.32 Å². The normalized spacial score (nSPS) is 11.2. The second-order valence-electron chi connectivity index (χ2n) is 8.13. The maximum Gasteiger partial charge on any atom is 0.251 e. The van der Waals surface area contributed by atoms with E-state index in [0.717, 1.165) is 22.3 Å². The summed E-state index contributed by atoms with van der Waals surface area (Å²) < 4.78 is 28.4. The monoisotopic (exact) mass is 489 g/mol. The van der Waals surface area contributed by atoms with Gasteiger partial charge in [-0.3, -0.25) is 9.52 Å². The molecule has 1 aromatic heterocycles. The molecule has 35 heavy (non-hydrogen) atoms. The van der Waals surface area contributed by atoms with Crippen LogP contribution in [-0.4, -0.2) is 34.8 Å². The molecule has 2 N–H and O–H groups in total. The van der Waals surface area contributed by atoms with Crippen LogP contribution in [0, 0.1) is 0 Å². The van der Waals surface area contributed by atoms with Crippen molar-refractivity contribution in [3.8, 4) is 11.1 Å². The molecule has 0 aliphatic carbocycles. The minimum absolute atomic E-state index is 0.0294. The summed E-state index contributed by atoms with van der Waals surface area (Å²) in [6, 6.07) is 22.6. The Balaban J connectivity index is 1.44. The van der Waals surface area contributed by atoms with E-state index < -0.39 is 10.0 Å². The second-order valence-corrected chi connectivity index (χ2v) is 9.97. The van der Waals surface area contributed by atoms with Gasteiger partial charge in [0, 0.05) is 17.8 Å². The van der Waals surface area contributed by atoms with Gasteiger partial charge in [0.25, 0.3) is 5.91 Å². The SMILES string of the molecule is CCCS(=O)(=O)Nc1cccc(C(=O)NCc2ccccc2-c2ccc(Cn3cncn3)cc2)c1. The number of hydrogen-bond acceptors (Lipinski definition) is 5. The standard InChI is InChI=1S/C26H27N5O3S/c1-2-14-35(33,34)30-24-8-5-7-22(15-24)26(32)28-16-23-6-3-4-9-25(23)21-12-10-20(11-13-21)17-31-19-27-18-29-31/h3-13,15,18-19,30H,2,14,16-17H2,1H3,(H,28,32). The van der Waals surface area contributed by atoms with Crippen molar-refractivity contribution in [2.75, 3.05) is 10.5 Å². The summed E-state index contributed by atoms with van der Waals surface area (Å²) in [7, 11) is -3.43. The van der Waals surface area contributed by atoms with E-state index in [1.165, 1.54) is 6.33 Å². The molecule has 0 bridgehead atoms. The number of nitrogens with one attached hydrogen (secondary N) is 2. The molecule has 0 spiro atoms. The highest BCUT2D eigenvalue weighted by Gasteiger charge is 2.12. The Bertz CT molecular complexity index is 1380. The van der Waals surface area contributed by atoms with Gasteiger partial charge in [-0.25, -0.2) is 18.1 Å². The number of amides is 1. The minimum Gasteiger partial charge on any atom is -0.348 e. The van der Waals surface area contributed by atoms with Crippen molar-refractivity contribution < 1.29 is 13.2 Å². The van der Waals surface area contributed by atoms with Gasteiger partial charge in [-0.1, -0.05) is 61.5 Å². The summed E-state index contributed by atoms with van der Waals surface area (Å²) in [5.74, 6) is -0.249. The maximum atomic E-state index is 12.8. The molecule has 1 amide bonds. The summed E-state index contributed by atoms with van der Waals surface area (Å²) in [6.07, 6.45) is 3.71. The molecule has 0 saturated carbocycles. The zero-order chi connectivity index (χ0) is 24.7. The molecule has 180 valence electrons. The summed E-state index contributed by atoms with van der Waals surface area (Å²) in [5.41, 5.74) is 4.92. The lowest BCUT2D eigenvalue weighted by Gasteiger charge is -2.13. The van der Waals surface area contributed by atoms with Crippen LogP contribution in [0.2, 0.25) is 0 Å². The first-order chi connectivity index (χ1) is 16.9. The van der Waals surface area contributed by atoms with Crippen LogP contribution in [0.25, 0.3) is 11.1 Å². The van der Waals surface area contributed by atoms with Crippen LogP contribution in [0.1, 0.15) is 34.8 Å². The van der Waals surface area contributed by atoms with Crippen molar-refractivity contribution in [3.05, 3.63) is 102 Å². The molecule has 4 rings (SSSR count). The number of sulfonamides is 1. The van der Waals surface area contributed by atoms with Crippen molar-refractivity contribution in [3.63, 3.8) is 0 Å². The van der Waals surface area contributed by atoms with Gasteiger partial charge >= 0.3 is 0 Å². The molecule has 8 nitrogen and oxygen atoms in total. The van der Waals surface area contributed by atoms with E-state index in [2.05, 4.69) is 44.4 Å². The molecule has 3 aromatic carbocycles. The molecule has 0 unspecified atom stereocenters. The lowest BCUT2D eigenvalue weighted by atomic mass is 9.98. The van der Waals surface area contributed by atoms with Crippen molar-refractivity contribution >= 4 is 21.6 Å². The molecule has 9 heteroatoms. The number of anilines is 1. The van der Waals surface area contributed by atoms with Crippen LogP contribution >= 0.6 is 0 Å². The summed E-state index contributed by atoms with van der Waals surface area (Å²) >= 11 is 0. The van der Waals surface area contributed by atoms with Crippen LogP contribution in [0.3, 0.4) is 0 Å². The fourth-order valence-electron chi connectivity index (χ4n) is 3.75. The Kier molecular flexibility index (Phi) is 7.57. The Labute approximate surface area is 205 Å². The van der Waals surface area contributed by atoms with Crippen LogP contribution in [0.15, 0.2) is 85.5 Å². The van der Waals surface area contributed by atoms with Crippen molar-refractivity contribution in [1.29, 1.82) is 0 Å². The van der Waals surface area contributed by atoms with E-state index in [4.69, 9.17) is 0 Å². The zero-order valence-electron chi connectivity index (χ0n) is 19.4. The van der Waals surface area contributed by atoms with E-state index in [0.29, 0.717) is 30.8 Å². The van der Waals surface area contributed by atoms with Gasteiger partial charge in [-0.05, 0) is 46.9 Å². The molecular formula is C26H27N5O3S. The van der Waals surface area contributed by atoms with Gasteiger partial charge in [-0.15, -0.1) is 0 Å². The first kappa shape index (κ1) is 24.2. The van der Waals surface area contributed by atoms with Crippen LogP contribution in [0.4, 0.5) is 5.69 Å². The number of benzene rings is 3. The van der Waals surface area contributed by atoms with Crippen LogP contribution < -0.4 is 10.0 Å². The predicted octanol–water partition coefficient (Wildman–Crippen LogP) is 4.08. The van der Waals surface area contributed by atoms with Crippen LogP contribution in [0.5, 0.6) is 0 Å². The third kappa shape index (κ3) is 6.54. The highest BCUT2D eigenvalue weighted by atomic mass is 32.2. The summed E-state index contributed by atoms with van der Waals surface area (Å²) in [5, 5.41) is 7.08. The molecule has 0 aliphatic rings. The smallest absolute Gasteiger partial charge is 0.251 e. The third-order valence-electron chi connectivity index (χ3n) is 5.40. The molecule has 1 heterocycles. The fourth-order valence-corrected chi connectivity index (χ4v) is 4.87. The number of nitrogens with zero attached hydrogens (tertiary/aromatic N) is 3. The second kappa shape index (κ2) is 11.0. The van der Waals surface area contributed by atoms with E-state index in [1.807, 2.05) is 24.3 Å². The van der Waals surface area contributed by atoms with E-state index in [1.54, 1.807) is 42.2 Å². The van der Waals surface area contributed by atoms with Gasteiger partial charge in [0.2, 0.25) is 10.0 Å². The Morgan fingerprint density at radius 2 is 1.80 bits per heavy atom. The quantitative estimate of drug-likeness (QED) is 0.349. The Hall–Kier alpha value is -3.98. The minimum atomic E-state index is -3.43. The predicted molar refractivity (Wildman–Crippen MR) is 136 cm³/mol. The largest absolute Gasteiger partial charge is 0.348 e. The van der Waals surface area contributed by atoms with Gasteiger partial charge in [0.15, 0.2) is 0 Å². The Morgan fingerprint density at radius 1 is 1.00 bits per heavy atom. The lowest BCUT2D eigenvalue weighted by Crippen LogP contribution is -2.23. The fraction of sp³-hybridized carbons (Fsp3) is 0.192. The highest BCUT2D eigenvalue weighted by molar-refractivity contribution is 7.92. The first-order valence-corrected chi connectivity index (χ1v) is 13.0. The third-order valence-corrected chi connectivity index (χ3v) is 6.90. The highest BCUT2D eigenvalue weighted by Crippen LogP contribution is 2.24. The van der Waals surface area contributed by atoms with Gasteiger partial charge in [-0.2, -0.15) is 5.10 Å². The number of carbonyl (C=O) groups excluding carboxylic acids is 1. The molecule has 0 saturated heterocycles.